The summed E-state index contributed by atoms with van der Waals surface area (Å²) in [4.78, 5) is 12.6. The van der Waals surface area contributed by atoms with E-state index in [0.717, 1.165) is 4.90 Å². The van der Waals surface area contributed by atoms with Gasteiger partial charge < -0.3 is 15.2 Å². The van der Waals surface area contributed by atoms with Gasteiger partial charge >= 0.3 is 19.1 Å². The highest BCUT2D eigenvalue weighted by molar-refractivity contribution is 6.45. The molecule has 1 saturated heterocycles. The Bertz CT molecular complexity index is 581. The normalized spacial score (nSPS) is 30.1. The maximum atomic E-state index is 12.9. The lowest BCUT2D eigenvalue weighted by atomic mass is 9.83. The molecule has 8 heteroatoms. The van der Waals surface area contributed by atoms with Crippen molar-refractivity contribution in [2.45, 2.75) is 31.0 Å². The Morgan fingerprint density at radius 2 is 2.05 bits per heavy atom. The van der Waals surface area contributed by atoms with Gasteiger partial charge in [-0.3, -0.25) is 4.79 Å². The van der Waals surface area contributed by atoms with E-state index in [9.17, 15) is 23.0 Å². The summed E-state index contributed by atoms with van der Waals surface area (Å²) in [6, 6.07) is 7.95. The van der Waals surface area contributed by atoms with E-state index in [2.05, 4.69) is 5.23 Å². The summed E-state index contributed by atoms with van der Waals surface area (Å²) >= 11 is 0. The predicted octanol–water partition coefficient (Wildman–Crippen LogP) is 1.59. The van der Waals surface area contributed by atoms with Crippen molar-refractivity contribution in [2.75, 3.05) is 6.54 Å². The molecule has 1 saturated carbocycles. The van der Waals surface area contributed by atoms with Crippen LogP contribution < -0.4 is 5.23 Å². The van der Waals surface area contributed by atoms with Gasteiger partial charge in [0.05, 0.1) is 6.04 Å². The van der Waals surface area contributed by atoms with Crippen molar-refractivity contribution in [1.82, 2.24) is 10.1 Å². The molecule has 0 aromatic heterocycles. The molecule has 118 valence electrons. The van der Waals surface area contributed by atoms with E-state index in [1.807, 2.05) is 0 Å². The van der Waals surface area contributed by atoms with Crippen molar-refractivity contribution in [3.63, 3.8) is 0 Å². The number of halogens is 3. The van der Waals surface area contributed by atoms with Crippen molar-refractivity contribution in [1.29, 1.82) is 0 Å². The number of hydrogen-bond donors (Lipinski definition) is 2. The summed E-state index contributed by atoms with van der Waals surface area (Å²) in [5.41, 5.74) is -0.0237. The van der Waals surface area contributed by atoms with E-state index in [1.54, 1.807) is 30.3 Å². The summed E-state index contributed by atoms with van der Waals surface area (Å²) in [6.07, 6.45) is -4.24. The predicted molar refractivity (Wildman–Crippen MR) is 74.8 cm³/mol. The van der Waals surface area contributed by atoms with Crippen molar-refractivity contribution in [3.8, 4) is 0 Å². The van der Waals surface area contributed by atoms with Gasteiger partial charge in [0.15, 0.2) is 0 Å². The van der Waals surface area contributed by atoms with Gasteiger partial charge in [-0.25, -0.2) is 0 Å². The summed E-state index contributed by atoms with van der Waals surface area (Å²) in [6.45, 7) is 1.58. The van der Waals surface area contributed by atoms with Crippen LogP contribution in [0.5, 0.6) is 0 Å². The fraction of sp³-hybridized carbons (Fsp3) is 0.500. The minimum Gasteiger partial charge on any atom is -0.437 e. The Labute approximate surface area is 126 Å². The molecule has 1 aliphatic heterocycles. The van der Waals surface area contributed by atoms with Gasteiger partial charge in [-0.2, -0.15) is 13.2 Å². The molecule has 1 aromatic rings. The molecule has 1 aliphatic carbocycles. The molecule has 0 spiro atoms. The highest BCUT2D eigenvalue weighted by Gasteiger charge is 2.69. The van der Waals surface area contributed by atoms with Crippen LogP contribution in [-0.2, 0) is 4.79 Å². The number of hydrogen-bond acceptors (Lipinski definition) is 3. The second-order valence-corrected chi connectivity index (χ2v) is 6.03. The summed E-state index contributed by atoms with van der Waals surface area (Å²) < 4.78 is 38.6. The smallest absolute Gasteiger partial charge is 0.437 e. The summed E-state index contributed by atoms with van der Waals surface area (Å²) in [5, 5.41) is 12.6. The van der Waals surface area contributed by atoms with Crippen LogP contribution in [0.3, 0.4) is 0 Å². The summed E-state index contributed by atoms with van der Waals surface area (Å²) in [5.74, 6) is -1.89. The average Bonchev–Trinajstić information content (AvgIpc) is 3.01. The topological polar surface area (TPSA) is 52.6 Å². The fourth-order valence-electron chi connectivity index (χ4n) is 3.65. The molecule has 3 rings (SSSR count). The zero-order chi connectivity index (χ0) is 16.1. The van der Waals surface area contributed by atoms with Crippen molar-refractivity contribution < 1.29 is 23.0 Å². The molecule has 2 N–H and O–H groups in total. The van der Waals surface area contributed by atoms with Gasteiger partial charge in [0.2, 0.25) is 0 Å². The third kappa shape index (κ3) is 2.40. The van der Waals surface area contributed by atoms with Crippen molar-refractivity contribution >= 4 is 13.0 Å². The van der Waals surface area contributed by atoms with Crippen LogP contribution >= 0.6 is 0 Å². The molecule has 2 aliphatic rings. The number of nitrogens with zero attached hydrogens (tertiary/aromatic N) is 1. The van der Waals surface area contributed by atoms with Crippen LogP contribution in [0.4, 0.5) is 13.2 Å². The number of piperidine rings is 1. The highest BCUT2D eigenvalue weighted by Crippen LogP contribution is 2.60. The zero-order valence-electron chi connectivity index (χ0n) is 12.0. The Kier molecular flexibility index (Phi) is 3.49. The first kappa shape index (κ1) is 15.4. The van der Waals surface area contributed by atoms with Crippen LogP contribution in [0, 0.1) is 5.92 Å². The van der Waals surface area contributed by atoms with Gasteiger partial charge in [-0.15, -0.1) is 0 Å². The number of carbonyl (C=O) groups excluding carboxylic acids is 1. The van der Waals surface area contributed by atoms with Gasteiger partial charge in [-0.05, 0) is 24.7 Å². The minimum absolute atomic E-state index is 0.0532. The lowest BCUT2D eigenvalue weighted by Gasteiger charge is -2.34. The Morgan fingerprint density at radius 3 is 2.59 bits per heavy atom. The second-order valence-electron chi connectivity index (χ2n) is 6.03. The molecule has 3 atom stereocenters. The van der Waals surface area contributed by atoms with Gasteiger partial charge in [0.25, 0.3) is 0 Å². The molecule has 22 heavy (non-hydrogen) atoms. The fourth-order valence-corrected chi connectivity index (χ4v) is 3.65. The number of alkyl halides is 3. The Balaban J connectivity index is 1.98. The van der Waals surface area contributed by atoms with Gasteiger partial charge in [0, 0.05) is 12.1 Å². The average molecular weight is 312 g/mol. The number of amides is 1. The van der Waals surface area contributed by atoms with Crippen LogP contribution in [0.15, 0.2) is 30.3 Å². The number of benzene rings is 1. The van der Waals surface area contributed by atoms with E-state index in [4.69, 9.17) is 0 Å². The molecule has 0 bridgehead atoms. The molecule has 0 radical (unpaired) electrons. The molecule has 3 unspecified atom stereocenters. The number of carbonyl (C=O) groups is 1. The monoisotopic (exact) mass is 312 g/mol. The van der Waals surface area contributed by atoms with Gasteiger partial charge in [-0.1, -0.05) is 30.3 Å². The van der Waals surface area contributed by atoms with E-state index in [0.29, 0.717) is 12.0 Å². The van der Waals surface area contributed by atoms with Crippen LogP contribution in [0.2, 0.25) is 6.82 Å². The molecule has 2 fully saturated rings. The molecule has 4 nitrogen and oxygen atoms in total. The van der Waals surface area contributed by atoms with Crippen molar-refractivity contribution in [2.24, 2.45) is 5.92 Å². The Hall–Kier alpha value is -1.54. The van der Waals surface area contributed by atoms with E-state index >= 15 is 0 Å². The largest absolute Gasteiger partial charge is 0.471 e. The van der Waals surface area contributed by atoms with Crippen LogP contribution in [0.1, 0.15) is 18.0 Å². The van der Waals surface area contributed by atoms with Crippen LogP contribution in [0.25, 0.3) is 0 Å². The lowest BCUT2D eigenvalue weighted by Crippen LogP contribution is -2.50. The molecule has 1 amide bonds. The van der Waals surface area contributed by atoms with Crippen LogP contribution in [-0.4, -0.2) is 41.1 Å². The third-order valence-electron chi connectivity index (χ3n) is 4.47. The second kappa shape index (κ2) is 4.99. The quantitative estimate of drug-likeness (QED) is 0.834. The molecular weight excluding hydrogens is 296 g/mol. The maximum absolute atomic E-state index is 12.9. The van der Waals surface area contributed by atoms with E-state index in [-0.39, 0.29) is 12.5 Å². The third-order valence-corrected chi connectivity index (χ3v) is 4.47. The number of likely N-dealkylation sites (tertiary alicyclic amines) is 1. The first-order chi connectivity index (χ1) is 10.3. The minimum atomic E-state index is -4.89. The molecule has 1 heterocycles. The zero-order valence-corrected chi connectivity index (χ0v) is 12.0. The Morgan fingerprint density at radius 1 is 1.41 bits per heavy atom. The maximum Gasteiger partial charge on any atom is 0.471 e. The number of rotatable bonds is 3. The highest BCUT2D eigenvalue weighted by atomic mass is 19.4. The number of nitrogens with one attached hydrogen (secondary N) is 1. The first-order valence-corrected chi connectivity index (χ1v) is 7.14. The first-order valence-electron chi connectivity index (χ1n) is 7.14. The lowest BCUT2D eigenvalue weighted by molar-refractivity contribution is -0.187. The molecule has 1 aromatic carbocycles. The standard InChI is InChI=1S/C14H16BF3N2O2/c1-15(22)19-13-7-10(13)8-20(12(21)14(16,17)18)11(13)9-5-3-2-4-6-9/h2-6,10-11,19,22H,7-8H2,1H3. The molecular formula is C14H16BF3N2O2. The summed E-state index contributed by atoms with van der Waals surface area (Å²) in [7, 11) is -0.850. The SMILES string of the molecule is CB(O)NC12CC1CN(C(=O)C(F)(F)F)C2c1ccccc1. The van der Waals surface area contributed by atoms with Crippen molar-refractivity contribution in [3.05, 3.63) is 35.9 Å². The number of fused-ring (bicyclic) bond motifs is 1. The van der Waals surface area contributed by atoms with Gasteiger partial charge in [0.1, 0.15) is 0 Å². The van der Waals surface area contributed by atoms with E-state index < -0.39 is 30.7 Å². The van der Waals surface area contributed by atoms with E-state index in [1.165, 1.54) is 6.82 Å².